The molecule has 0 saturated carbocycles. The number of carbonyl (C=O) groups is 1. The van der Waals surface area contributed by atoms with Crippen LogP contribution in [0.25, 0.3) is 0 Å². The van der Waals surface area contributed by atoms with Gasteiger partial charge in [-0.05, 0) is 31.2 Å². The summed E-state index contributed by atoms with van der Waals surface area (Å²) in [6.07, 6.45) is 3.47. The number of piperidine rings is 1. The Morgan fingerprint density at radius 3 is 2.67 bits per heavy atom. The normalized spacial score (nSPS) is 17.7. The summed E-state index contributed by atoms with van der Waals surface area (Å²) >= 11 is 0. The maximum absolute atomic E-state index is 12.1. The fourth-order valence-electron chi connectivity index (χ4n) is 2.49. The number of hydrogen-bond acceptors (Lipinski definition) is 3. The number of nitrogens with zero attached hydrogens (tertiary/aromatic N) is 1. The highest BCUT2D eigenvalue weighted by Crippen LogP contribution is 2.20. The zero-order valence-corrected chi connectivity index (χ0v) is 13.1. The Morgan fingerprint density at radius 1 is 1.29 bits per heavy atom. The lowest BCUT2D eigenvalue weighted by atomic mass is 10.0. The van der Waals surface area contributed by atoms with Crippen LogP contribution in [0.15, 0.2) is 30.3 Å². The van der Waals surface area contributed by atoms with Gasteiger partial charge >= 0.3 is 6.09 Å². The van der Waals surface area contributed by atoms with E-state index in [2.05, 4.69) is 0 Å². The molecule has 1 aromatic rings. The van der Waals surface area contributed by atoms with Gasteiger partial charge in [-0.3, -0.25) is 0 Å². The number of hydrogen-bond donors (Lipinski definition) is 1. The van der Waals surface area contributed by atoms with Crippen LogP contribution >= 0.6 is 0 Å². The van der Waals surface area contributed by atoms with Gasteiger partial charge in [0.1, 0.15) is 6.61 Å². The minimum absolute atomic E-state index is 0.118. The number of ether oxygens (including phenoxy) is 1. The van der Waals surface area contributed by atoms with Gasteiger partial charge in [0.2, 0.25) is 0 Å². The Labute approximate surface area is 127 Å². The van der Waals surface area contributed by atoms with Crippen molar-refractivity contribution in [3.05, 3.63) is 35.9 Å². The monoisotopic (exact) mass is 293 g/mol. The first-order chi connectivity index (χ1) is 10.3. The molecule has 0 spiro atoms. The molecule has 118 valence electrons. The van der Waals surface area contributed by atoms with Crippen molar-refractivity contribution in [1.82, 2.24) is 4.90 Å². The van der Waals surface area contributed by atoms with Crippen LogP contribution in [0.3, 0.4) is 0 Å². The average Bonchev–Trinajstić information content (AvgIpc) is 2.56. The molecule has 1 atom stereocenters. The predicted molar refractivity (Wildman–Crippen MR) is 84.0 cm³/mol. The molecule has 0 bridgehead atoms. The lowest BCUT2D eigenvalue weighted by Crippen LogP contribution is -2.44. The maximum Gasteiger partial charge on any atom is 0.410 e. The molecule has 1 amide bonds. The van der Waals surface area contributed by atoms with E-state index in [0.717, 1.165) is 31.4 Å². The van der Waals surface area contributed by atoms with E-state index in [9.17, 15) is 4.79 Å². The molecule has 1 N–H and O–H groups in total. The van der Waals surface area contributed by atoms with E-state index in [-0.39, 0.29) is 18.7 Å². The SMILES string of the molecule is CC.O=C(OCc1ccccc1)N1CCCCC1CCO. The third-order valence-electron chi connectivity index (χ3n) is 3.53. The van der Waals surface area contributed by atoms with Gasteiger partial charge in [0.05, 0.1) is 0 Å². The van der Waals surface area contributed by atoms with E-state index in [1.54, 1.807) is 4.90 Å². The summed E-state index contributed by atoms with van der Waals surface area (Å²) in [5.41, 5.74) is 0.992. The number of aliphatic hydroxyl groups excluding tert-OH is 1. The molecule has 1 aliphatic rings. The molecular formula is C17H27NO3. The Morgan fingerprint density at radius 2 is 2.00 bits per heavy atom. The van der Waals surface area contributed by atoms with Crippen LogP contribution in [-0.2, 0) is 11.3 Å². The molecule has 1 unspecified atom stereocenters. The van der Waals surface area contributed by atoms with Crippen LogP contribution in [0, 0.1) is 0 Å². The Bertz CT molecular complexity index is 392. The van der Waals surface area contributed by atoms with Crippen LogP contribution in [-0.4, -0.2) is 35.3 Å². The van der Waals surface area contributed by atoms with Crippen molar-refractivity contribution in [3.8, 4) is 0 Å². The molecule has 0 aromatic heterocycles. The molecule has 0 aliphatic carbocycles. The first-order valence-corrected chi connectivity index (χ1v) is 7.89. The van der Waals surface area contributed by atoms with Crippen LogP contribution in [0.1, 0.15) is 45.1 Å². The van der Waals surface area contributed by atoms with Crippen molar-refractivity contribution in [3.63, 3.8) is 0 Å². The largest absolute Gasteiger partial charge is 0.445 e. The zero-order valence-electron chi connectivity index (χ0n) is 13.1. The Hall–Kier alpha value is -1.55. The van der Waals surface area contributed by atoms with E-state index in [1.165, 1.54) is 0 Å². The minimum atomic E-state index is -0.262. The van der Waals surface area contributed by atoms with Gasteiger partial charge in [0.15, 0.2) is 0 Å². The number of rotatable bonds is 4. The maximum atomic E-state index is 12.1. The third-order valence-corrected chi connectivity index (χ3v) is 3.53. The highest BCUT2D eigenvalue weighted by Gasteiger charge is 2.27. The average molecular weight is 293 g/mol. The molecule has 1 aromatic carbocycles. The van der Waals surface area contributed by atoms with Gasteiger partial charge in [-0.15, -0.1) is 0 Å². The molecule has 1 saturated heterocycles. The number of likely N-dealkylation sites (tertiary alicyclic amines) is 1. The lowest BCUT2D eigenvalue weighted by molar-refractivity contribution is 0.0612. The number of amides is 1. The summed E-state index contributed by atoms with van der Waals surface area (Å²) in [7, 11) is 0. The molecule has 1 aliphatic heterocycles. The van der Waals surface area contributed by atoms with Crippen molar-refractivity contribution >= 4 is 6.09 Å². The summed E-state index contributed by atoms with van der Waals surface area (Å²) in [5.74, 6) is 0. The quantitative estimate of drug-likeness (QED) is 0.923. The van der Waals surface area contributed by atoms with Crippen LogP contribution in [0.2, 0.25) is 0 Å². The fraction of sp³-hybridized carbons (Fsp3) is 0.588. The highest BCUT2D eigenvalue weighted by molar-refractivity contribution is 5.68. The topological polar surface area (TPSA) is 49.8 Å². The van der Waals surface area contributed by atoms with Gasteiger partial charge in [-0.1, -0.05) is 44.2 Å². The number of benzene rings is 1. The van der Waals surface area contributed by atoms with Gasteiger partial charge < -0.3 is 14.7 Å². The van der Waals surface area contributed by atoms with E-state index in [4.69, 9.17) is 9.84 Å². The van der Waals surface area contributed by atoms with Crippen molar-refractivity contribution in [2.45, 2.75) is 52.2 Å². The van der Waals surface area contributed by atoms with Crippen LogP contribution in [0.5, 0.6) is 0 Å². The molecule has 4 heteroatoms. The van der Waals surface area contributed by atoms with Crippen LogP contribution < -0.4 is 0 Å². The third kappa shape index (κ3) is 5.76. The Kier molecular flexibility index (Phi) is 8.51. The fourth-order valence-corrected chi connectivity index (χ4v) is 2.49. The van der Waals surface area contributed by atoms with Gasteiger partial charge in [0.25, 0.3) is 0 Å². The smallest absolute Gasteiger partial charge is 0.410 e. The first kappa shape index (κ1) is 17.5. The second-order valence-electron chi connectivity index (χ2n) is 4.90. The molecule has 4 nitrogen and oxygen atoms in total. The van der Waals surface area contributed by atoms with Crippen molar-refractivity contribution in [2.75, 3.05) is 13.2 Å². The van der Waals surface area contributed by atoms with E-state index >= 15 is 0 Å². The zero-order chi connectivity index (χ0) is 15.5. The lowest BCUT2D eigenvalue weighted by Gasteiger charge is -2.34. The van der Waals surface area contributed by atoms with Gasteiger partial charge in [0, 0.05) is 19.2 Å². The highest BCUT2D eigenvalue weighted by atomic mass is 16.6. The summed E-state index contributed by atoms with van der Waals surface area (Å²) in [5, 5.41) is 9.05. The summed E-state index contributed by atoms with van der Waals surface area (Å²) < 4.78 is 5.35. The summed E-state index contributed by atoms with van der Waals surface area (Å²) in [6.45, 7) is 5.16. The molecule has 1 fully saturated rings. The van der Waals surface area contributed by atoms with Gasteiger partial charge in [-0.25, -0.2) is 4.79 Å². The van der Waals surface area contributed by atoms with Crippen LogP contribution in [0.4, 0.5) is 4.79 Å². The van der Waals surface area contributed by atoms with E-state index < -0.39 is 0 Å². The number of aliphatic hydroxyl groups is 1. The van der Waals surface area contributed by atoms with Crippen molar-refractivity contribution < 1.29 is 14.6 Å². The molecule has 2 rings (SSSR count). The predicted octanol–water partition coefficient (Wildman–Crippen LogP) is 3.59. The van der Waals surface area contributed by atoms with Crippen molar-refractivity contribution in [2.24, 2.45) is 0 Å². The standard InChI is InChI=1S/C15H21NO3.C2H6/c17-11-9-14-8-4-5-10-16(14)15(18)19-12-13-6-2-1-3-7-13;1-2/h1-3,6-7,14,17H,4-5,8-12H2;1-2H3. The Balaban J connectivity index is 0.00000106. The summed E-state index contributed by atoms with van der Waals surface area (Å²) in [6, 6.07) is 9.80. The molecule has 21 heavy (non-hydrogen) atoms. The molecule has 0 radical (unpaired) electrons. The van der Waals surface area contributed by atoms with E-state index in [0.29, 0.717) is 13.0 Å². The number of carbonyl (C=O) groups excluding carboxylic acids is 1. The summed E-state index contributed by atoms with van der Waals surface area (Å²) in [4.78, 5) is 13.8. The molecule has 1 heterocycles. The second kappa shape index (κ2) is 10.2. The first-order valence-electron chi connectivity index (χ1n) is 7.89. The van der Waals surface area contributed by atoms with E-state index in [1.807, 2.05) is 44.2 Å². The van der Waals surface area contributed by atoms with Crippen molar-refractivity contribution in [1.29, 1.82) is 0 Å². The van der Waals surface area contributed by atoms with Gasteiger partial charge in [-0.2, -0.15) is 0 Å². The minimum Gasteiger partial charge on any atom is -0.445 e. The second-order valence-corrected chi connectivity index (χ2v) is 4.90. The molecular weight excluding hydrogens is 266 g/mol.